The first-order valence-electron chi connectivity index (χ1n) is 4.93. The molecule has 13 heavy (non-hydrogen) atoms. The van der Waals surface area contributed by atoms with Crippen LogP contribution in [-0.4, -0.2) is 12.4 Å². The number of carbonyl (C=O) groups is 1. The molecular formula is C11H18O2. The maximum Gasteiger partial charge on any atom is 0.167 e. The zero-order valence-corrected chi connectivity index (χ0v) is 8.72. The van der Waals surface area contributed by atoms with Crippen LogP contribution in [0.2, 0.25) is 0 Å². The van der Waals surface area contributed by atoms with Crippen LogP contribution in [0.15, 0.2) is 11.8 Å². The summed E-state index contributed by atoms with van der Waals surface area (Å²) in [7, 11) is 0. The van der Waals surface area contributed by atoms with Crippen LogP contribution in [-0.2, 0) is 9.53 Å². The van der Waals surface area contributed by atoms with Crippen LogP contribution in [0.1, 0.15) is 40.0 Å². The molecule has 0 aliphatic heterocycles. The van der Waals surface area contributed by atoms with Crippen molar-refractivity contribution >= 4 is 5.78 Å². The van der Waals surface area contributed by atoms with Gasteiger partial charge in [0.1, 0.15) is 0 Å². The third-order valence-electron chi connectivity index (χ3n) is 2.55. The predicted molar refractivity (Wildman–Crippen MR) is 52.3 cm³/mol. The third kappa shape index (κ3) is 2.33. The van der Waals surface area contributed by atoms with Gasteiger partial charge in [-0.3, -0.25) is 4.79 Å². The van der Waals surface area contributed by atoms with Crippen molar-refractivity contribution in [3.63, 3.8) is 0 Å². The van der Waals surface area contributed by atoms with Crippen molar-refractivity contribution in [2.45, 2.75) is 40.0 Å². The van der Waals surface area contributed by atoms with Crippen molar-refractivity contribution in [2.24, 2.45) is 5.41 Å². The van der Waals surface area contributed by atoms with Gasteiger partial charge in [-0.25, -0.2) is 0 Å². The highest BCUT2D eigenvalue weighted by Gasteiger charge is 2.33. The number of ketones is 1. The molecule has 0 N–H and O–H groups in total. The van der Waals surface area contributed by atoms with E-state index >= 15 is 0 Å². The minimum atomic E-state index is -0.179. The fourth-order valence-corrected chi connectivity index (χ4v) is 1.68. The molecule has 0 amide bonds. The first-order chi connectivity index (χ1) is 6.08. The van der Waals surface area contributed by atoms with Gasteiger partial charge in [0.2, 0.25) is 0 Å². The Morgan fingerprint density at radius 1 is 1.54 bits per heavy atom. The lowest BCUT2D eigenvalue weighted by Crippen LogP contribution is -2.29. The highest BCUT2D eigenvalue weighted by Crippen LogP contribution is 2.34. The number of hydrogen-bond donors (Lipinski definition) is 0. The largest absolute Gasteiger partial charge is 0.501 e. The van der Waals surface area contributed by atoms with Gasteiger partial charge >= 0.3 is 0 Å². The van der Waals surface area contributed by atoms with E-state index in [9.17, 15) is 4.79 Å². The van der Waals surface area contributed by atoms with Crippen molar-refractivity contribution in [1.82, 2.24) is 0 Å². The van der Waals surface area contributed by atoms with Gasteiger partial charge in [0.25, 0.3) is 0 Å². The normalized spacial score (nSPS) is 24.8. The summed E-state index contributed by atoms with van der Waals surface area (Å²) in [6.07, 6.45) is 4.61. The molecule has 2 heteroatoms. The van der Waals surface area contributed by atoms with E-state index in [4.69, 9.17) is 4.74 Å². The van der Waals surface area contributed by atoms with Gasteiger partial charge in [-0.15, -0.1) is 0 Å². The fraction of sp³-hybridized carbons (Fsp3) is 0.727. The molecular weight excluding hydrogens is 164 g/mol. The molecule has 0 saturated heterocycles. The molecule has 0 atom stereocenters. The molecule has 1 saturated carbocycles. The van der Waals surface area contributed by atoms with Gasteiger partial charge in [0, 0.05) is 11.0 Å². The van der Waals surface area contributed by atoms with Crippen LogP contribution in [0.5, 0.6) is 0 Å². The second kappa shape index (κ2) is 3.95. The van der Waals surface area contributed by atoms with E-state index in [2.05, 4.69) is 0 Å². The SMILES string of the molecule is CCO/C=C1\CCCC(C)(C)C1=O. The highest BCUT2D eigenvalue weighted by molar-refractivity contribution is 5.99. The molecule has 0 aromatic carbocycles. The summed E-state index contributed by atoms with van der Waals surface area (Å²) in [5, 5.41) is 0. The van der Waals surface area contributed by atoms with Gasteiger partial charge in [-0.2, -0.15) is 0 Å². The van der Waals surface area contributed by atoms with Crippen LogP contribution in [0, 0.1) is 5.41 Å². The van der Waals surface area contributed by atoms with Crippen molar-refractivity contribution in [1.29, 1.82) is 0 Å². The molecule has 1 rings (SSSR count). The summed E-state index contributed by atoms with van der Waals surface area (Å²) in [4.78, 5) is 11.8. The summed E-state index contributed by atoms with van der Waals surface area (Å²) in [6.45, 7) is 6.58. The van der Waals surface area contributed by atoms with Crippen LogP contribution >= 0.6 is 0 Å². The first-order valence-corrected chi connectivity index (χ1v) is 4.93. The Bertz CT molecular complexity index is 226. The van der Waals surface area contributed by atoms with Crippen molar-refractivity contribution in [3.05, 3.63) is 11.8 Å². The zero-order valence-electron chi connectivity index (χ0n) is 8.72. The lowest BCUT2D eigenvalue weighted by atomic mass is 9.74. The van der Waals surface area contributed by atoms with Crippen molar-refractivity contribution in [2.75, 3.05) is 6.61 Å². The molecule has 74 valence electrons. The molecule has 1 aliphatic carbocycles. The molecule has 0 heterocycles. The standard InChI is InChI=1S/C11H18O2/c1-4-13-8-9-6-5-7-11(2,3)10(9)12/h8H,4-7H2,1-3H3/b9-8+. The molecule has 0 unspecified atom stereocenters. The minimum absolute atomic E-state index is 0.179. The molecule has 0 radical (unpaired) electrons. The summed E-state index contributed by atoms with van der Waals surface area (Å²) in [5.74, 6) is 0.257. The van der Waals surface area contributed by atoms with Gasteiger partial charge in [-0.1, -0.05) is 13.8 Å². The Hall–Kier alpha value is -0.790. The number of allylic oxidation sites excluding steroid dienone is 1. The van der Waals surface area contributed by atoms with Crippen molar-refractivity contribution in [3.8, 4) is 0 Å². The van der Waals surface area contributed by atoms with Gasteiger partial charge in [-0.05, 0) is 26.2 Å². The van der Waals surface area contributed by atoms with E-state index < -0.39 is 0 Å². The Morgan fingerprint density at radius 2 is 2.23 bits per heavy atom. The van der Waals surface area contributed by atoms with Crippen molar-refractivity contribution < 1.29 is 9.53 Å². The van der Waals surface area contributed by atoms with E-state index in [1.54, 1.807) is 6.26 Å². The van der Waals surface area contributed by atoms with Gasteiger partial charge < -0.3 is 4.74 Å². The molecule has 0 bridgehead atoms. The lowest BCUT2D eigenvalue weighted by Gasteiger charge is -2.29. The maximum absolute atomic E-state index is 11.8. The summed E-state index contributed by atoms with van der Waals surface area (Å²) >= 11 is 0. The summed E-state index contributed by atoms with van der Waals surface area (Å²) in [6, 6.07) is 0. The smallest absolute Gasteiger partial charge is 0.167 e. The number of ether oxygens (including phenoxy) is 1. The summed E-state index contributed by atoms with van der Waals surface area (Å²) < 4.78 is 5.15. The quantitative estimate of drug-likeness (QED) is 0.485. The maximum atomic E-state index is 11.8. The Morgan fingerprint density at radius 3 is 2.85 bits per heavy atom. The van der Waals surface area contributed by atoms with Gasteiger partial charge in [0.05, 0.1) is 12.9 Å². The summed E-state index contributed by atoms with van der Waals surface area (Å²) in [5.41, 5.74) is 0.680. The average molecular weight is 182 g/mol. The Kier molecular flexibility index (Phi) is 3.12. The van der Waals surface area contributed by atoms with E-state index in [0.29, 0.717) is 6.61 Å². The molecule has 2 nitrogen and oxygen atoms in total. The lowest BCUT2D eigenvalue weighted by molar-refractivity contribution is -0.125. The van der Waals surface area contributed by atoms with Crippen LogP contribution < -0.4 is 0 Å². The van der Waals surface area contributed by atoms with E-state index in [1.807, 2.05) is 20.8 Å². The predicted octanol–water partition coefficient (Wildman–Crippen LogP) is 2.69. The van der Waals surface area contributed by atoms with E-state index in [-0.39, 0.29) is 11.2 Å². The first kappa shape index (κ1) is 10.3. The second-order valence-electron chi connectivity index (χ2n) is 4.16. The highest BCUT2D eigenvalue weighted by atomic mass is 16.5. The van der Waals surface area contributed by atoms with Crippen LogP contribution in [0.4, 0.5) is 0 Å². The number of hydrogen-bond acceptors (Lipinski definition) is 2. The Labute approximate surface area is 80.0 Å². The molecule has 1 fully saturated rings. The molecule has 0 aromatic rings. The van der Waals surface area contributed by atoms with E-state index in [1.165, 1.54) is 0 Å². The topological polar surface area (TPSA) is 26.3 Å². The van der Waals surface area contributed by atoms with Gasteiger partial charge in [0.15, 0.2) is 5.78 Å². The third-order valence-corrected chi connectivity index (χ3v) is 2.55. The molecule has 1 aliphatic rings. The van der Waals surface area contributed by atoms with Crippen LogP contribution in [0.3, 0.4) is 0 Å². The zero-order chi connectivity index (χ0) is 9.90. The van der Waals surface area contributed by atoms with Crippen LogP contribution in [0.25, 0.3) is 0 Å². The number of carbonyl (C=O) groups excluding carboxylic acids is 1. The fourth-order valence-electron chi connectivity index (χ4n) is 1.68. The molecule has 0 aromatic heterocycles. The average Bonchev–Trinajstić information content (AvgIpc) is 2.08. The molecule has 0 spiro atoms. The minimum Gasteiger partial charge on any atom is -0.501 e. The number of Topliss-reactive ketones (excluding diaryl/α,β-unsaturated/α-hetero) is 1. The van der Waals surface area contributed by atoms with E-state index in [0.717, 1.165) is 24.8 Å². The Balaban J connectivity index is 2.71. The monoisotopic (exact) mass is 182 g/mol. The second-order valence-corrected chi connectivity index (χ2v) is 4.16. The number of rotatable bonds is 2.